The van der Waals surface area contributed by atoms with E-state index in [-0.39, 0.29) is 18.7 Å². The normalized spacial score (nSPS) is 24.3. The van der Waals surface area contributed by atoms with Gasteiger partial charge in [-0.25, -0.2) is 0 Å². The van der Waals surface area contributed by atoms with E-state index >= 15 is 0 Å². The van der Waals surface area contributed by atoms with Crippen LogP contribution in [0.25, 0.3) is 0 Å². The first-order valence-electron chi connectivity index (χ1n) is 9.54. The van der Waals surface area contributed by atoms with Crippen molar-refractivity contribution in [3.63, 3.8) is 0 Å². The Kier molecular flexibility index (Phi) is 4.04. The van der Waals surface area contributed by atoms with Crippen LogP contribution in [0.15, 0.2) is 28.8 Å². The number of ether oxygens (including phenoxy) is 2. The number of para-hydroxylation sites is 1. The first-order chi connectivity index (χ1) is 13.2. The lowest BCUT2D eigenvalue weighted by molar-refractivity contribution is 0.0922. The van der Waals surface area contributed by atoms with Crippen molar-refractivity contribution in [2.24, 2.45) is 5.92 Å². The highest BCUT2D eigenvalue weighted by Gasteiger charge is 2.33. The summed E-state index contributed by atoms with van der Waals surface area (Å²) >= 11 is 0. The fraction of sp³-hybridized carbons (Fsp3) is 0.500. The molecule has 7 heteroatoms. The number of amides is 1. The van der Waals surface area contributed by atoms with E-state index in [0.717, 1.165) is 55.3 Å². The Balaban J connectivity index is 1.22. The van der Waals surface area contributed by atoms with Crippen molar-refractivity contribution in [1.82, 2.24) is 15.4 Å². The highest BCUT2D eigenvalue weighted by Crippen LogP contribution is 2.40. The third-order valence-corrected chi connectivity index (χ3v) is 5.62. The van der Waals surface area contributed by atoms with Gasteiger partial charge in [0.15, 0.2) is 17.2 Å². The fourth-order valence-electron chi connectivity index (χ4n) is 3.94. The molecule has 1 saturated carbocycles. The van der Waals surface area contributed by atoms with E-state index in [2.05, 4.69) is 28.4 Å². The maximum Gasteiger partial charge on any atom is 0.273 e. The molecule has 0 spiro atoms. The average molecular weight is 369 g/mol. The molecular formula is C20H23N3O4. The number of hydrogen-bond donors (Lipinski definition) is 1. The summed E-state index contributed by atoms with van der Waals surface area (Å²) in [6.07, 6.45) is 2.26. The summed E-state index contributed by atoms with van der Waals surface area (Å²) in [4.78, 5) is 14.9. The van der Waals surface area contributed by atoms with Crippen molar-refractivity contribution in [3.8, 4) is 11.5 Å². The number of rotatable bonds is 5. The molecule has 1 aromatic heterocycles. The van der Waals surface area contributed by atoms with Gasteiger partial charge in [-0.1, -0.05) is 24.2 Å². The largest absolute Gasteiger partial charge is 0.454 e. The monoisotopic (exact) mass is 369 g/mol. The number of hydrogen-bond acceptors (Lipinski definition) is 6. The Hall–Kier alpha value is -2.54. The third kappa shape index (κ3) is 3.27. The molecule has 7 nitrogen and oxygen atoms in total. The van der Waals surface area contributed by atoms with Gasteiger partial charge in [-0.15, -0.1) is 0 Å². The van der Waals surface area contributed by atoms with Crippen LogP contribution in [-0.4, -0.2) is 41.9 Å². The van der Waals surface area contributed by atoms with Gasteiger partial charge in [-0.3, -0.25) is 9.69 Å². The van der Waals surface area contributed by atoms with E-state index < -0.39 is 0 Å². The molecule has 27 heavy (non-hydrogen) atoms. The average Bonchev–Trinajstić information content (AvgIpc) is 3.07. The molecule has 5 rings (SSSR count). The molecule has 2 fully saturated rings. The summed E-state index contributed by atoms with van der Waals surface area (Å²) < 4.78 is 16.4. The highest BCUT2D eigenvalue weighted by molar-refractivity contribution is 5.92. The maximum absolute atomic E-state index is 12.5. The van der Waals surface area contributed by atoms with Crippen LogP contribution in [0.4, 0.5) is 0 Å². The SMILES string of the molecule is C[C@@H]1CN(Cc2cccc3c2OCO3)C[C@@H]1NC(=O)c1cc(C2CC2)on1. The number of nitrogens with zero attached hydrogens (tertiary/aromatic N) is 2. The topological polar surface area (TPSA) is 76.8 Å². The number of nitrogens with one attached hydrogen (secondary N) is 1. The standard InChI is InChI=1S/C20H23N3O4/c1-12-8-23(9-14-3-2-4-17-19(14)26-11-25-17)10-16(12)21-20(24)15-7-18(27-22-15)13-5-6-13/h2-4,7,12-13,16H,5-6,8-11H2,1H3,(H,21,24)/t12-,16+/m1/s1. The molecular weight excluding hydrogens is 346 g/mol. The predicted octanol–water partition coefficient (Wildman–Crippen LogP) is 2.53. The van der Waals surface area contributed by atoms with E-state index in [1.807, 2.05) is 12.1 Å². The quantitative estimate of drug-likeness (QED) is 0.873. The first-order valence-corrected chi connectivity index (χ1v) is 9.54. The van der Waals surface area contributed by atoms with Gasteiger partial charge in [0, 0.05) is 43.2 Å². The molecule has 2 atom stereocenters. The molecule has 3 heterocycles. The Morgan fingerprint density at radius 3 is 3.04 bits per heavy atom. The molecule has 1 saturated heterocycles. The number of likely N-dealkylation sites (tertiary alicyclic amines) is 1. The highest BCUT2D eigenvalue weighted by atomic mass is 16.7. The van der Waals surface area contributed by atoms with E-state index in [1.165, 1.54) is 0 Å². The van der Waals surface area contributed by atoms with E-state index in [4.69, 9.17) is 14.0 Å². The van der Waals surface area contributed by atoms with Crippen molar-refractivity contribution in [2.45, 2.75) is 38.3 Å². The van der Waals surface area contributed by atoms with Crippen molar-refractivity contribution in [1.29, 1.82) is 0 Å². The molecule has 0 bridgehead atoms. The van der Waals surface area contributed by atoms with Crippen LogP contribution in [0.5, 0.6) is 11.5 Å². The van der Waals surface area contributed by atoms with Crippen LogP contribution >= 0.6 is 0 Å². The van der Waals surface area contributed by atoms with Crippen molar-refractivity contribution < 1.29 is 18.8 Å². The minimum absolute atomic E-state index is 0.0903. The van der Waals surface area contributed by atoms with Crippen molar-refractivity contribution in [3.05, 3.63) is 41.3 Å². The molecule has 1 amide bonds. The van der Waals surface area contributed by atoms with Gasteiger partial charge >= 0.3 is 0 Å². The van der Waals surface area contributed by atoms with Crippen LogP contribution in [-0.2, 0) is 6.54 Å². The van der Waals surface area contributed by atoms with Gasteiger partial charge in [0.2, 0.25) is 6.79 Å². The number of benzene rings is 1. The molecule has 2 aliphatic heterocycles. The molecule has 0 unspecified atom stereocenters. The van der Waals surface area contributed by atoms with Crippen LogP contribution in [0.1, 0.15) is 47.5 Å². The first kappa shape index (κ1) is 16.6. The Morgan fingerprint density at radius 1 is 1.30 bits per heavy atom. The second kappa shape index (κ2) is 6.56. The zero-order valence-electron chi connectivity index (χ0n) is 15.3. The van der Waals surface area contributed by atoms with Crippen LogP contribution in [0, 0.1) is 5.92 Å². The summed E-state index contributed by atoms with van der Waals surface area (Å²) in [6, 6.07) is 7.86. The Labute approximate surface area is 157 Å². The molecule has 0 radical (unpaired) electrons. The molecule has 1 aromatic carbocycles. The minimum Gasteiger partial charge on any atom is -0.454 e. The lowest BCUT2D eigenvalue weighted by atomic mass is 10.1. The van der Waals surface area contributed by atoms with Gasteiger partial charge in [0.25, 0.3) is 5.91 Å². The van der Waals surface area contributed by atoms with Crippen molar-refractivity contribution >= 4 is 5.91 Å². The molecule has 2 aromatic rings. The summed E-state index contributed by atoms with van der Waals surface area (Å²) in [5.74, 6) is 3.15. The molecule has 1 N–H and O–H groups in total. The van der Waals surface area contributed by atoms with Crippen LogP contribution < -0.4 is 14.8 Å². The predicted molar refractivity (Wildman–Crippen MR) is 96.7 cm³/mol. The number of carbonyl (C=O) groups is 1. The summed E-state index contributed by atoms with van der Waals surface area (Å²) in [5, 5.41) is 7.07. The molecule has 142 valence electrons. The van der Waals surface area contributed by atoms with Gasteiger partial charge in [0.1, 0.15) is 5.76 Å². The maximum atomic E-state index is 12.5. The number of fused-ring (bicyclic) bond motifs is 1. The van der Waals surface area contributed by atoms with Gasteiger partial charge < -0.3 is 19.3 Å². The lowest BCUT2D eigenvalue weighted by Crippen LogP contribution is -2.40. The van der Waals surface area contributed by atoms with Gasteiger partial charge in [-0.2, -0.15) is 0 Å². The van der Waals surface area contributed by atoms with E-state index in [0.29, 0.717) is 17.5 Å². The van der Waals surface area contributed by atoms with Gasteiger partial charge in [-0.05, 0) is 24.8 Å². The second-order valence-corrected chi connectivity index (χ2v) is 7.79. The zero-order chi connectivity index (χ0) is 18.4. The fourth-order valence-corrected chi connectivity index (χ4v) is 3.94. The lowest BCUT2D eigenvalue weighted by Gasteiger charge is -2.17. The van der Waals surface area contributed by atoms with E-state index in [9.17, 15) is 4.79 Å². The molecule has 1 aliphatic carbocycles. The summed E-state index contributed by atoms with van der Waals surface area (Å²) in [7, 11) is 0. The van der Waals surface area contributed by atoms with Gasteiger partial charge in [0.05, 0.1) is 0 Å². The van der Waals surface area contributed by atoms with Crippen LogP contribution in [0.3, 0.4) is 0 Å². The van der Waals surface area contributed by atoms with E-state index in [1.54, 1.807) is 6.07 Å². The summed E-state index contributed by atoms with van der Waals surface area (Å²) in [5.41, 5.74) is 1.50. The smallest absolute Gasteiger partial charge is 0.273 e. The Morgan fingerprint density at radius 2 is 2.19 bits per heavy atom. The number of aromatic nitrogens is 1. The van der Waals surface area contributed by atoms with Crippen LogP contribution in [0.2, 0.25) is 0 Å². The Bertz CT molecular complexity index is 861. The minimum atomic E-state index is -0.151. The second-order valence-electron chi connectivity index (χ2n) is 7.79. The summed E-state index contributed by atoms with van der Waals surface area (Å²) in [6.45, 7) is 4.94. The molecule has 3 aliphatic rings. The zero-order valence-corrected chi connectivity index (χ0v) is 15.3. The number of carbonyl (C=O) groups excluding carboxylic acids is 1. The third-order valence-electron chi connectivity index (χ3n) is 5.62. The van der Waals surface area contributed by atoms with Crippen molar-refractivity contribution in [2.75, 3.05) is 19.9 Å².